The van der Waals surface area contributed by atoms with E-state index < -0.39 is 97.9 Å². The maximum Gasteiger partial charge on any atom is 0.331 e. The second-order valence-electron chi connectivity index (χ2n) is 14.5. The van der Waals surface area contributed by atoms with Crippen LogP contribution in [0.3, 0.4) is 0 Å². The Morgan fingerprint density at radius 3 is 2.42 bits per heavy atom. The second-order valence-corrected chi connectivity index (χ2v) is 14.5. The van der Waals surface area contributed by atoms with E-state index in [0.29, 0.717) is 0 Å². The molecular formula is C44H54O16. The number of esters is 2. The van der Waals surface area contributed by atoms with Gasteiger partial charge in [0, 0.05) is 18.2 Å². The Bertz CT molecular complexity index is 1860. The van der Waals surface area contributed by atoms with Gasteiger partial charge in [0.2, 0.25) is 5.79 Å². The number of aliphatic hydroxyl groups is 6. The largest absolute Gasteiger partial charge is 0.508 e. The zero-order chi connectivity index (χ0) is 43.2. The van der Waals surface area contributed by atoms with E-state index in [1.807, 2.05) is 18.2 Å². The summed E-state index contributed by atoms with van der Waals surface area (Å²) in [5.74, 6) is -4.95. The molecule has 0 radical (unpaired) electrons. The Morgan fingerprint density at radius 1 is 0.900 bits per heavy atom. The highest BCUT2D eigenvalue weighted by atomic mass is 16.8. The van der Waals surface area contributed by atoms with Gasteiger partial charge in [0.15, 0.2) is 18.5 Å². The quantitative estimate of drug-likeness (QED) is 0.0465. The van der Waals surface area contributed by atoms with Crippen molar-refractivity contribution in [3.63, 3.8) is 0 Å². The molecule has 2 aromatic carbocycles. The first-order chi connectivity index (χ1) is 28.9. The van der Waals surface area contributed by atoms with Crippen molar-refractivity contribution in [3.05, 3.63) is 114 Å². The number of carbonyl (C=O) groups excluding carboxylic acids is 2. The van der Waals surface area contributed by atoms with Crippen molar-refractivity contribution < 1.29 is 78.9 Å². The summed E-state index contributed by atoms with van der Waals surface area (Å²) in [7, 11) is 0. The zero-order valence-electron chi connectivity index (χ0n) is 33.1. The van der Waals surface area contributed by atoms with Crippen LogP contribution < -0.4 is 0 Å². The highest BCUT2D eigenvalue weighted by molar-refractivity contribution is 5.87. The van der Waals surface area contributed by atoms with Gasteiger partial charge in [-0.3, -0.25) is 0 Å². The number of aliphatic hydroxyl groups excluding tert-OH is 6. The lowest BCUT2D eigenvalue weighted by Crippen LogP contribution is -2.67. The predicted octanol–water partition coefficient (Wildman–Crippen LogP) is 2.45. The van der Waals surface area contributed by atoms with Crippen LogP contribution in [0.15, 0.2) is 97.1 Å². The molecule has 3 aliphatic heterocycles. The Morgan fingerprint density at radius 2 is 1.67 bits per heavy atom. The first-order valence-corrected chi connectivity index (χ1v) is 19.8. The third kappa shape index (κ3) is 11.8. The van der Waals surface area contributed by atoms with Crippen molar-refractivity contribution in [2.24, 2.45) is 0 Å². The molecule has 2 saturated heterocycles. The van der Waals surface area contributed by atoms with E-state index in [0.717, 1.165) is 49.5 Å². The number of ether oxygens (including phenoxy) is 6. The molecule has 60 heavy (non-hydrogen) atoms. The van der Waals surface area contributed by atoms with Crippen LogP contribution in [-0.2, 0) is 50.4 Å². The number of phenols is 2. The number of benzene rings is 2. The van der Waals surface area contributed by atoms with Gasteiger partial charge in [0.25, 0.3) is 0 Å². The molecule has 3 heterocycles. The lowest BCUT2D eigenvalue weighted by atomic mass is 9.86. The van der Waals surface area contributed by atoms with Crippen molar-refractivity contribution >= 4 is 18.0 Å². The number of hydrogen-bond donors (Lipinski definition) is 8. The van der Waals surface area contributed by atoms with Crippen molar-refractivity contribution in [2.75, 3.05) is 13.2 Å². The molecule has 5 rings (SSSR count). The topological polar surface area (TPSA) is 251 Å². The predicted molar refractivity (Wildman–Crippen MR) is 213 cm³/mol. The van der Waals surface area contributed by atoms with Gasteiger partial charge >= 0.3 is 11.9 Å². The second kappa shape index (κ2) is 22.2. The van der Waals surface area contributed by atoms with Crippen molar-refractivity contribution in [2.45, 2.75) is 113 Å². The summed E-state index contributed by atoms with van der Waals surface area (Å²) in [6, 6.07) is 11.1. The van der Waals surface area contributed by atoms with E-state index in [1.165, 1.54) is 24.3 Å². The number of allylic oxidation sites excluding steroid dienone is 5. The van der Waals surface area contributed by atoms with Gasteiger partial charge in [0.05, 0.1) is 24.9 Å². The van der Waals surface area contributed by atoms with E-state index in [4.69, 9.17) is 28.4 Å². The molecule has 0 amide bonds. The molecule has 0 unspecified atom stereocenters. The molecule has 0 bridgehead atoms. The normalized spacial score (nSPS) is 29.9. The molecule has 326 valence electrons. The number of aromatic hydroxyl groups is 2. The monoisotopic (exact) mass is 838 g/mol. The molecule has 0 aromatic heterocycles. The molecule has 1 spiro atoms. The van der Waals surface area contributed by atoms with Crippen LogP contribution in [-0.4, -0.2) is 127 Å². The summed E-state index contributed by atoms with van der Waals surface area (Å²) in [6.07, 6.45) is 3.22. The van der Waals surface area contributed by atoms with E-state index in [-0.39, 0.29) is 29.9 Å². The Hall–Kier alpha value is -4.72. The highest BCUT2D eigenvalue weighted by Crippen LogP contribution is 2.51. The highest BCUT2D eigenvalue weighted by Gasteiger charge is 2.63. The van der Waals surface area contributed by atoms with Crippen LogP contribution in [0.2, 0.25) is 0 Å². The van der Waals surface area contributed by atoms with E-state index in [2.05, 4.69) is 6.92 Å². The Kier molecular flexibility index (Phi) is 17.2. The van der Waals surface area contributed by atoms with Crippen LogP contribution in [0.4, 0.5) is 0 Å². The molecule has 2 aromatic rings. The van der Waals surface area contributed by atoms with Gasteiger partial charge in [0.1, 0.15) is 54.7 Å². The summed E-state index contributed by atoms with van der Waals surface area (Å²) < 4.78 is 34.7. The fraction of sp³-hybridized carbons (Fsp3) is 0.455. The van der Waals surface area contributed by atoms with Crippen molar-refractivity contribution in [3.8, 4) is 11.5 Å². The number of unbranched alkanes of at least 4 members (excludes halogenated alkanes) is 3. The van der Waals surface area contributed by atoms with Crippen LogP contribution in [0.1, 0.15) is 55.7 Å². The summed E-state index contributed by atoms with van der Waals surface area (Å²) in [5, 5.41) is 86.2. The molecule has 3 aliphatic rings. The Labute approximate surface area is 347 Å². The number of rotatable bonds is 18. The number of carbonyl (C=O) groups is 2. The van der Waals surface area contributed by atoms with Crippen molar-refractivity contribution in [1.29, 1.82) is 0 Å². The summed E-state index contributed by atoms with van der Waals surface area (Å²) >= 11 is 0. The zero-order valence-corrected chi connectivity index (χ0v) is 33.1. The Balaban J connectivity index is 1.32. The van der Waals surface area contributed by atoms with Gasteiger partial charge in [-0.2, -0.15) is 0 Å². The molecule has 2 fully saturated rings. The minimum atomic E-state index is -2.27. The van der Waals surface area contributed by atoms with Crippen LogP contribution in [0, 0.1) is 0 Å². The lowest BCUT2D eigenvalue weighted by Gasteiger charge is -2.50. The molecule has 8 N–H and O–H groups in total. The molecule has 16 nitrogen and oxygen atoms in total. The third-order valence-corrected chi connectivity index (χ3v) is 10.1. The average molecular weight is 839 g/mol. The van der Waals surface area contributed by atoms with E-state index in [9.17, 15) is 50.4 Å². The van der Waals surface area contributed by atoms with E-state index in [1.54, 1.807) is 42.5 Å². The number of phenolic OH excluding ortho intramolecular Hbond substituents is 2. The number of hydrogen-bond acceptors (Lipinski definition) is 16. The molecular weight excluding hydrogens is 784 g/mol. The maximum absolute atomic E-state index is 13.3. The smallest absolute Gasteiger partial charge is 0.331 e. The summed E-state index contributed by atoms with van der Waals surface area (Å²) in [4.78, 5) is 25.8. The SMILES string of the molecule is CCCCC/C=C/C=C/[C@H](O)CC=C/C=C/C(=O)O[C@H]1[C@H](O[C@@H]2O[C@@H](COC(=O)/C=C/c3ccccc3)[C@@H](O)[C@H](O)[C@H]2O)[C@@H](CO)O[C@]2(OCc3cc(O)cc(O)c32)[C@@H]1O. The average Bonchev–Trinajstić information content (AvgIpc) is 3.60. The van der Waals surface area contributed by atoms with Crippen LogP contribution >= 0.6 is 0 Å². The lowest BCUT2D eigenvalue weighted by molar-refractivity contribution is -0.395. The number of fused-ring (bicyclic) bond motifs is 2. The first kappa shape index (κ1) is 46.3. The minimum Gasteiger partial charge on any atom is -0.508 e. The van der Waals surface area contributed by atoms with Crippen LogP contribution in [0.25, 0.3) is 6.08 Å². The van der Waals surface area contributed by atoms with Gasteiger partial charge in [-0.05, 0) is 42.5 Å². The maximum atomic E-state index is 13.3. The minimum absolute atomic E-state index is 0.112. The van der Waals surface area contributed by atoms with Gasteiger partial charge in [-0.1, -0.05) is 92.6 Å². The standard InChI is InChI=1S/C44H54O16/c1-2-3-4-5-6-7-12-17-29(46)18-13-9-14-19-35(50)58-41-40(32(24-45)60-44(42(41)54)36-28(25-56-44)22-30(47)23-31(36)48)59-43-39(53)38(52)37(51)33(57-43)26-55-34(49)21-20-27-15-10-8-11-16-27/h6-17,19-23,29,32-33,37-43,45-48,51-54H,2-5,18,24-26H2,1H3/b7-6+,13-9?,17-12+,19-14+,21-20+/t29-,32+,33-,37+,38-,39+,40+,41-,42+,43-,44-/m0/s1. The molecule has 0 saturated carbocycles. The molecule has 0 aliphatic carbocycles. The van der Waals surface area contributed by atoms with Crippen LogP contribution in [0.5, 0.6) is 11.5 Å². The fourth-order valence-electron chi connectivity index (χ4n) is 7.00. The van der Waals surface area contributed by atoms with Gasteiger partial charge < -0.3 is 69.3 Å². The molecule has 16 heteroatoms. The summed E-state index contributed by atoms with van der Waals surface area (Å²) in [6.45, 7) is 0.374. The van der Waals surface area contributed by atoms with Gasteiger partial charge in [-0.15, -0.1) is 0 Å². The van der Waals surface area contributed by atoms with E-state index >= 15 is 0 Å². The molecule has 11 atom stereocenters. The third-order valence-electron chi connectivity index (χ3n) is 10.1. The van der Waals surface area contributed by atoms with Crippen molar-refractivity contribution in [1.82, 2.24) is 0 Å². The fourth-order valence-corrected chi connectivity index (χ4v) is 7.00. The first-order valence-electron chi connectivity index (χ1n) is 19.8. The summed E-state index contributed by atoms with van der Waals surface area (Å²) in [5.41, 5.74) is 0.825. The van der Waals surface area contributed by atoms with Gasteiger partial charge in [-0.25, -0.2) is 9.59 Å².